The molecule has 0 heterocycles. The number of quaternary nitrogens is 1. The van der Waals surface area contributed by atoms with E-state index < -0.39 is 6.10 Å². The molecule has 1 atom stereocenters. The predicted molar refractivity (Wildman–Crippen MR) is 63.4 cm³/mol. The summed E-state index contributed by atoms with van der Waals surface area (Å²) >= 11 is 2.12. The van der Waals surface area contributed by atoms with Gasteiger partial charge in [0.05, 0.1) is 27.6 Å². The highest BCUT2D eigenvalue weighted by Gasteiger charge is 2.16. The summed E-state index contributed by atoms with van der Waals surface area (Å²) in [5.74, 6) is -0.236. The molecule has 0 amide bonds. The Bertz CT molecular complexity index is 179. The maximum absolute atomic E-state index is 11.0. The number of hydrogen-bond acceptors (Lipinski definition) is 3. The lowest BCUT2D eigenvalue weighted by atomic mass is 10.3. The number of aliphatic hydroxyl groups is 1. The van der Waals surface area contributed by atoms with E-state index in [1.807, 2.05) is 21.1 Å². The molecule has 0 rings (SSSR count). The number of ether oxygens (including phenoxy) is 1. The minimum atomic E-state index is -0.576. The Morgan fingerprint density at radius 3 is 2.50 bits per heavy atom. The van der Waals surface area contributed by atoms with Crippen LogP contribution in [0.5, 0.6) is 0 Å². The van der Waals surface area contributed by atoms with E-state index >= 15 is 0 Å². The molecule has 0 saturated heterocycles. The van der Waals surface area contributed by atoms with Crippen molar-refractivity contribution in [2.24, 2.45) is 0 Å². The third-order valence-electron chi connectivity index (χ3n) is 1.49. The third-order valence-corrected chi connectivity index (χ3v) is 2.03. The van der Waals surface area contributed by atoms with Crippen molar-refractivity contribution in [2.45, 2.75) is 12.5 Å². The lowest BCUT2D eigenvalue weighted by Gasteiger charge is -2.26. The monoisotopic (exact) mass is 316 g/mol. The van der Waals surface area contributed by atoms with Crippen molar-refractivity contribution in [3.8, 4) is 0 Å². The maximum atomic E-state index is 11.0. The zero-order valence-electron chi connectivity index (χ0n) is 8.99. The molecule has 0 aliphatic rings. The standard InChI is InChI=1S/C9H19INO3/c1-11(2,3)6-8(12)7-14-9(13)4-5-10/h8,12H,4-7H2,1-3H3/q+1. The largest absolute Gasteiger partial charge is 0.463 e. The van der Waals surface area contributed by atoms with Crippen molar-refractivity contribution in [3.05, 3.63) is 0 Å². The Morgan fingerprint density at radius 1 is 1.50 bits per heavy atom. The molecule has 1 N–H and O–H groups in total. The van der Waals surface area contributed by atoms with Gasteiger partial charge in [0.25, 0.3) is 0 Å². The van der Waals surface area contributed by atoms with Gasteiger partial charge < -0.3 is 14.3 Å². The summed E-state index contributed by atoms with van der Waals surface area (Å²) in [6, 6.07) is 0. The summed E-state index contributed by atoms with van der Waals surface area (Å²) < 4.78 is 6.30. The van der Waals surface area contributed by atoms with Gasteiger partial charge in [0, 0.05) is 4.43 Å². The van der Waals surface area contributed by atoms with Crippen LogP contribution in [0, 0.1) is 0 Å². The summed E-state index contributed by atoms with van der Waals surface area (Å²) in [7, 11) is 5.95. The second-order valence-electron chi connectivity index (χ2n) is 4.25. The van der Waals surface area contributed by atoms with E-state index in [9.17, 15) is 9.90 Å². The van der Waals surface area contributed by atoms with Crippen LogP contribution in [0.2, 0.25) is 0 Å². The van der Waals surface area contributed by atoms with Crippen LogP contribution in [0.3, 0.4) is 0 Å². The molecule has 0 saturated carbocycles. The van der Waals surface area contributed by atoms with Crippen LogP contribution in [0.1, 0.15) is 6.42 Å². The fraction of sp³-hybridized carbons (Fsp3) is 0.889. The van der Waals surface area contributed by atoms with Crippen LogP contribution in [0.4, 0.5) is 0 Å². The zero-order chi connectivity index (χ0) is 11.2. The van der Waals surface area contributed by atoms with Crippen molar-refractivity contribution in [2.75, 3.05) is 38.7 Å². The molecule has 1 unspecified atom stereocenters. The fourth-order valence-corrected chi connectivity index (χ4v) is 1.46. The summed E-state index contributed by atoms with van der Waals surface area (Å²) in [5.41, 5.74) is 0. The van der Waals surface area contributed by atoms with Crippen LogP contribution >= 0.6 is 22.6 Å². The van der Waals surface area contributed by atoms with Gasteiger partial charge in [0.15, 0.2) is 0 Å². The number of aliphatic hydroxyl groups excluding tert-OH is 1. The summed E-state index contributed by atoms with van der Waals surface area (Å²) in [6.07, 6.45) is -0.161. The number of carbonyl (C=O) groups excluding carboxylic acids is 1. The molecule has 0 bridgehead atoms. The van der Waals surface area contributed by atoms with Crippen molar-refractivity contribution in [1.29, 1.82) is 0 Å². The Hall–Kier alpha value is 0.120. The number of esters is 1. The topological polar surface area (TPSA) is 46.5 Å². The molecule has 0 spiro atoms. The molecule has 14 heavy (non-hydrogen) atoms. The number of carbonyl (C=O) groups is 1. The van der Waals surface area contributed by atoms with Crippen LogP contribution in [-0.2, 0) is 9.53 Å². The number of alkyl halides is 1. The maximum Gasteiger partial charge on any atom is 0.306 e. The number of likely N-dealkylation sites (N-methyl/N-ethyl adjacent to an activating group) is 1. The van der Waals surface area contributed by atoms with Crippen molar-refractivity contribution in [1.82, 2.24) is 0 Å². The molecule has 4 nitrogen and oxygen atoms in total. The van der Waals surface area contributed by atoms with Gasteiger partial charge in [-0.25, -0.2) is 0 Å². The molecule has 0 aromatic rings. The average molecular weight is 316 g/mol. The lowest BCUT2D eigenvalue weighted by Crippen LogP contribution is -2.43. The van der Waals surface area contributed by atoms with Gasteiger partial charge >= 0.3 is 5.97 Å². The third kappa shape index (κ3) is 8.71. The van der Waals surface area contributed by atoms with Gasteiger partial charge in [0.2, 0.25) is 0 Å². The highest BCUT2D eigenvalue weighted by molar-refractivity contribution is 14.1. The van der Waals surface area contributed by atoms with Gasteiger partial charge in [-0.2, -0.15) is 0 Å². The van der Waals surface area contributed by atoms with E-state index in [-0.39, 0.29) is 12.6 Å². The van der Waals surface area contributed by atoms with Gasteiger partial charge in [-0.15, -0.1) is 0 Å². The molecule has 0 aromatic carbocycles. The van der Waals surface area contributed by atoms with E-state index in [4.69, 9.17) is 4.74 Å². The molecule has 0 aliphatic heterocycles. The zero-order valence-corrected chi connectivity index (χ0v) is 11.2. The fourth-order valence-electron chi connectivity index (χ4n) is 1.02. The quantitative estimate of drug-likeness (QED) is 0.334. The number of hydrogen-bond donors (Lipinski definition) is 1. The van der Waals surface area contributed by atoms with Gasteiger partial charge in [0.1, 0.15) is 19.3 Å². The molecular formula is C9H19INO3+. The second kappa shape index (κ2) is 6.58. The van der Waals surface area contributed by atoms with E-state index in [0.717, 1.165) is 4.43 Å². The molecule has 84 valence electrons. The lowest BCUT2D eigenvalue weighted by molar-refractivity contribution is -0.873. The Kier molecular flexibility index (Phi) is 6.63. The first kappa shape index (κ1) is 14.1. The van der Waals surface area contributed by atoms with Crippen LogP contribution in [0.15, 0.2) is 0 Å². The molecule has 0 fully saturated rings. The Morgan fingerprint density at radius 2 is 2.07 bits per heavy atom. The minimum Gasteiger partial charge on any atom is -0.463 e. The van der Waals surface area contributed by atoms with Crippen molar-refractivity contribution < 1.29 is 19.1 Å². The normalized spacial score (nSPS) is 13.8. The van der Waals surface area contributed by atoms with E-state index in [0.29, 0.717) is 17.4 Å². The van der Waals surface area contributed by atoms with Crippen LogP contribution in [0.25, 0.3) is 0 Å². The Balaban J connectivity index is 3.63. The van der Waals surface area contributed by atoms with Crippen LogP contribution < -0.4 is 0 Å². The molecule has 0 radical (unpaired) electrons. The van der Waals surface area contributed by atoms with Crippen LogP contribution in [-0.4, -0.2) is 60.4 Å². The van der Waals surface area contributed by atoms with Gasteiger partial charge in [-0.1, -0.05) is 22.6 Å². The average Bonchev–Trinajstić information content (AvgIpc) is 1.98. The predicted octanol–water partition coefficient (Wildman–Crippen LogP) is 0.422. The highest BCUT2D eigenvalue weighted by atomic mass is 127. The second-order valence-corrected chi connectivity index (χ2v) is 5.33. The molecule has 0 aliphatic carbocycles. The van der Waals surface area contributed by atoms with E-state index in [1.54, 1.807) is 0 Å². The minimum absolute atomic E-state index is 0.102. The molecule has 5 heteroatoms. The smallest absolute Gasteiger partial charge is 0.306 e. The molecule has 0 aromatic heterocycles. The summed E-state index contributed by atoms with van der Waals surface area (Å²) in [5, 5.41) is 9.51. The van der Waals surface area contributed by atoms with E-state index in [2.05, 4.69) is 22.6 Å². The number of rotatable bonds is 6. The number of halogens is 1. The van der Waals surface area contributed by atoms with Crippen molar-refractivity contribution in [3.63, 3.8) is 0 Å². The Labute approximate surface area is 99.0 Å². The highest BCUT2D eigenvalue weighted by Crippen LogP contribution is 1.98. The first-order chi connectivity index (χ1) is 6.35. The van der Waals surface area contributed by atoms with Gasteiger partial charge in [-0.05, 0) is 0 Å². The van der Waals surface area contributed by atoms with Gasteiger partial charge in [-0.3, -0.25) is 4.79 Å². The molecular weight excluding hydrogens is 297 g/mol. The summed E-state index contributed by atoms with van der Waals surface area (Å²) in [4.78, 5) is 11.0. The van der Waals surface area contributed by atoms with Crippen molar-refractivity contribution >= 4 is 28.6 Å². The first-order valence-corrected chi connectivity index (χ1v) is 6.08. The number of nitrogens with zero attached hydrogens (tertiary/aromatic N) is 1. The van der Waals surface area contributed by atoms with E-state index in [1.165, 1.54) is 0 Å². The first-order valence-electron chi connectivity index (χ1n) is 4.55. The summed E-state index contributed by atoms with van der Waals surface area (Å²) in [6.45, 7) is 0.683. The SMILES string of the molecule is C[N+](C)(C)CC(O)COC(=O)CCI.